The molecule has 3 atom stereocenters. The Morgan fingerprint density at radius 3 is 2.77 bits per heavy atom. The van der Waals surface area contributed by atoms with Gasteiger partial charge in [0.15, 0.2) is 0 Å². The molecule has 2 aliphatic heterocycles. The van der Waals surface area contributed by atoms with Crippen molar-refractivity contribution in [2.75, 3.05) is 20.3 Å². The number of nitrogens with zero attached hydrogens (tertiary/aromatic N) is 2. The van der Waals surface area contributed by atoms with Gasteiger partial charge in [-0.15, -0.1) is 6.58 Å². The second kappa shape index (κ2) is 9.79. The summed E-state index contributed by atoms with van der Waals surface area (Å²) >= 11 is 6.48. The van der Waals surface area contributed by atoms with Crippen LogP contribution in [0.5, 0.6) is 0 Å². The average Bonchev–Trinajstić information content (AvgIpc) is 2.97. The molecule has 1 aromatic carbocycles. The standard InChI is InChI=1S/C24H29ClN2O4/c1-4-8-18-10-7-9-17(2)27(18)22(29)16-24(19-11-5-6-12-20(19)25)15-21(28)26(23(24)30)13-14-31-3/h4-7,9,11-12,17-18H,1,8,10,13-16H2,2-3H3/t17-,18-,24-/m1/s1. The first-order valence-electron chi connectivity index (χ1n) is 10.5. The molecule has 0 N–H and O–H groups in total. The number of halogens is 1. The number of ether oxygens (including phenoxy) is 1. The second-order valence-electron chi connectivity index (χ2n) is 8.14. The van der Waals surface area contributed by atoms with Crippen molar-refractivity contribution < 1.29 is 19.1 Å². The zero-order valence-corrected chi connectivity index (χ0v) is 18.8. The van der Waals surface area contributed by atoms with E-state index >= 15 is 0 Å². The molecule has 7 heteroatoms. The summed E-state index contributed by atoms with van der Waals surface area (Å²) in [6, 6.07) is 6.84. The summed E-state index contributed by atoms with van der Waals surface area (Å²) in [5, 5.41) is 0.374. The smallest absolute Gasteiger partial charge is 0.241 e. The van der Waals surface area contributed by atoms with E-state index in [0.717, 1.165) is 6.42 Å². The van der Waals surface area contributed by atoms with E-state index in [2.05, 4.69) is 12.7 Å². The van der Waals surface area contributed by atoms with E-state index in [1.54, 1.807) is 30.3 Å². The van der Waals surface area contributed by atoms with Crippen molar-refractivity contribution in [2.45, 2.75) is 50.1 Å². The van der Waals surface area contributed by atoms with Crippen LogP contribution in [0, 0.1) is 0 Å². The molecule has 6 nitrogen and oxygen atoms in total. The average molecular weight is 445 g/mol. The molecule has 0 saturated carbocycles. The van der Waals surface area contributed by atoms with E-state index in [-0.39, 0.29) is 49.9 Å². The molecule has 0 unspecified atom stereocenters. The minimum atomic E-state index is -1.32. The summed E-state index contributed by atoms with van der Waals surface area (Å²) in [6.07, 6.45) is 7.05. The van der Waals surface area contributed by atoms with Crippen molar-refractivity contribution >= 4 is 29.3 Å². The first-order chi connectivity index (χ1) is 14.9. The van der Waals surface area contributed by atoms with Gasteiger partial charge >= 0.3 is 0 Å². The molecule has 3 rings (SSSR count). The number of benzene rings is 1. The van der Waals surface area contributed by atoms with E-state index in [0.29, 0.717) is 17.0 Å². The fourth-order valence-corrected chi connectivity index (χ4v) is 4.97. The quantitative estimate of drug-likeness (QED) is 0.454. The highest BCUT2D eigenvalue weighted by molar-refractivity contribution is 6.32. The number of hydrogen-bond donors (Lipinski definition) is 0. The predicted octanol–water partition coefficient (Wildman–Crippen LogP) is 3.49. The van der Waals surface area contributed by atoms with Gasteiger partial charge < -0.3 is 9.64 Å². The largest absolute Gasteiger partial charge is 0.383 e. The monoisotopic (exact) mass is 444 g/mol. The zero-order chi connectivity index (χ0) is 22.6. The Morgan fingerprint density at radius 2 is 2.10 bits per heavy atom. The van der Waals surface area contributed by atoms with Gasteiger partial charge in [0.25, 0.3) is 0 Å². The van der Waals surface area contributed by atoms with Crippen molar-refractivity contribution in [2.24, 2.45) is 0 Å². The Bertz CT molecular complexity index is 899. The molecule has 2 heterocycles. The third kappa shape index (κ3) is 4.46. The summed E-state index contributed by atoms with van der Waals surface area (Å²) in [5.41, 5.74) is -0.802. The van der Waals surface area contributed by atoms with Crippen LogP contribution in [0.1, 0.15) is 38.2 Å². The maximum absolute atomic E-state index is 13.6. The normalized spacial score (nSPS) is 25.9. The van der Waals surface area contributed by atoms with Gasteiger partial charge in [-0.3, -0.25) is 19.3 Å². The summed E-state index contributed by atoms with van der Waals surface area (Å²) in [4.78, 5) is 43.1. The number of likely N-dealkylation sites (tertiary alicyclic amines) is 1. The molecule has 166 valence electrons. The van der Waals surface area contributed by atoms with Gasteiger partial charge in [-0.05, 0) is 31.4 Å². The summed E-state index contributed by atoms with van der Waals surface area (Å²) in [7, 11) is 1.51. The zero-order valence-electron chi connectivity index (χ0n) is 18.1. The highest BCUT2D eigenvalue weighted by Crippen LogP contribution is 2.43. The number of rotatable bonds is 8. The van der Waals surface area contributed by atoms with Crippen LogP contribution in [0.4, 0.5) is 0 Å². The molecule has 1 fully saturated rings. The van der Waals surface area contributed by atoms with Gasteiger partial charge in [0.1, 0.15) is 0 Å². The van der Waals surface area contributed by atoms with E-state index in [1.165, 1.54) is 12.0 Å². The summed E-state index contributed by atoms with van der Waals surface area (Å²) in [5.74, 6) is -0.876. The van der Waals surface area contributed by atoms with Gasteiger partial charge in [0.05, 0.1) is 18.6 Å². The lowest BCUT2D eigenvalue weighted by Crippen LogP contribution is -2.50. The fourth-order valence-electron chi connectivity index (χ4n) is 4.66. The van der Waals surface area contributed by atoms with E-state index in [4.69, 9.17) is 16.3 Å². The Morgan fingerprint density at radius 1 is 1.35 bits per heavy atom. The third-order valence-corrected chi connectivity index (χ3v) is 6.48. The number of carbonyl (C=O) groups is 3. The molecule has 0 bridgehead atoms. The van der Waals surface area contributed by atoms with Crippen molar-refractivity contribution in [3.63, 3.8) is 0 Å². The Labute approximate surface area is 188 Å². The molecule has 31 heavy (non-hydrogen) atoms. The van der Waals surface area contributed by atoms with Crippen LogP contribution in [0.3, 0.4) is 0 Å². The molecule has 1 aromatic rings. The van der Waals surface area contributed by atoms with Crippen LogP contribution in [0.25, 0.3) is 0 Å². The number of imide groups is 1. The number of amides is 3. The van der Waals surface area contributed by atoms with Crippen LogP contribution < -0.4 is 0 Å². The molecule has 0 aliphatic carbocycles. The Kier molecular flexibility index (Phi) is 7.34. The first-order valence-corrected chi connectivity index (χ1v) is 10.9. The maximum Gasteiger partial charge on any atom is 0.241 e. The number of methoxy groups -OCH3 is 1. The van der Waals surface area contributed by atoms with Gasteiger partial charge in [0, 0.05) is 37.1 Å². The number of hydrogen-bond acceptors (Lipinski definition) is 4. The van der Waals surface area contributed by atoms with Crippen molar-refractivity contribution in [3.05, 3.63) is 59.7 Å². The van der Waals surface area contributed by atoms with Gasteiger partial charge in [0.2, 0.25) is 17.7 Å². The van der Waals surface area contributed by atoms with Crippen LogP contribution in [0.15, 0.2) is 49.1 Å². The Hall–Kier alpha value is -2.44. The molecule has 0 aromatic heterocycles. The molecule has 0 spiro atoms. The second-order valence-corrected chi connectivity index (χ2v) is 8.55. The lowest BCUT2D eigenvalue weighted by molar-refractivity contribution is -0.144. The SMILES string of the molecule is C=CC[C@@H]1CC=C[C@@H](C)N1C(=O)C[C@@]1(c2ccccc2Cl)CC(=O)N(CCOC)C1=O. The van der Waals surface area contributed by atoms with Crippen molar-refractivity contribution in [1.82, 2.24) is 9.80 Å². The van der Waals surface area contributed by atoms with Crippen LogP contribution in [0.2, 0.25) is 5.02 Å². The minimum absolute atomic E-state index is 0.0231. The first kappa shape index (κ1) is 23.2. The lowest BCUT2D eigenvalue weighted by atomic mass is 9.75. The van der Waals surface area contributed by atoms with Gasteiger partial charge in [-0.1, -0.05) is 48.0 Å². The molecular weight excluding hydrogens is 416 g/mol. The maximum atomic E-state index is 13.6. The highest BCUT2D eigenvalue weighted by Gasteiger charge is 2.55. The Balaban J connectivity index is 2.00. The van der Waals surface area contributed by atoms with E-state index < -0.39 is 11.3 Å². The van der Waals surface area contributed by atoms with Crippen LogP contribution in [-0.2, 0) is 24.5 Å². The van der Waals surface area contributed by atoms with Crippen molar-refractivity contribution in [3.8, 4) is 0 Å². The third-order valence-electron chi connectivity index (χ3n) is 6.15. The minimum Gasteiger partial charge on any atom is -0.383 e. The molecule has 0 radical (unpaired) electrons. The molecular formula is C24H29ClN2O4. The highest BCUT2D eigenvalue weighted by atomic mass is 35.5. The van der Waals surface area contributed by atoms with Crippen molar-refractivity contribution in [1.29, 1.82) is 0 Å². The fraction of sp³-hybridized carbons (Fsp3) is 0.458. The molecule has 3 amide bonds. The van der Waals surface area contributed by atoms with Gasteiger partial charge in [-0.25, -0.2) is 0 Å². The van der Waals surface area contributed by atoms with Gasteiger partial charge in [-0.2, -0.15) is 0 Å². The van der Waals surface area contributed by atoms with Crippen LogP contribution >= 0.6 is 11.6 Å². The topological polar surface area (TPSA) is 66.9 Å². The summed E-state index contributed by atoms with van der Waals surface area (Å²) in [6.45, 7) is 6.15. The predicted molar refractivity (Wildman–Crippen MR) is 120 cm³/mol. The van der Waals surface area contributed by atoms with E-state index in [9.17, 15) is 14.4 Å². The lowest BCUT2D eigenvalue weighted by Gasteiger charge is -2.39. The molecule has 2 aliphatic rings. The molecule has 1 saturated heterocycles. The van der Waals surface area contributed by atoms with E-state index in [1.807, 2.05) is 17.9 Å². The number of carbonyl (C=O) groups excluding carboxylic acids is 3. The van der Waals surface area contributed by atoms with Crippen LogP contribution in [-0.4, -0.2) is 59.9 Å². The summed E-state index contributed by atoms with van der Waals surface area (Å²) < 4.78 is 5.06.